The molecule has 0 saturated heterocycles. The first-order chi connectivity index (χ1) is 13.9. The van der Waals surface area contributed by atoms with Crippen LogP contribution in [-0.4, -0.2) is 23.4 Å². The van der Waals surface area contributed by atoms with Crippen LogP contribution in [-0.2, 0) is 13.0 Å². The standard InChI is InChI=1S/C25H29NO3/c1-5-6-10-19-23(27)20-14-26(4)22-17-11-8-7-9-16(17)12-13-18(22)21(20)24(28)25(19)29-15(2)3/h7-9,11-13,15,27-28H,5-6,10,14H2,1-4H3. The normalized spacial score (nSPS) is 12.9. The Morgan fingerprint density at radius 3 is 2.55 bits per heavy atom. The summed E-state index contributed by atoms with van der Waals surface area (Å²) >= 11 is 0. The van der Waals surface area contributed by atoms with Gasteiger partial charge in [-0.05, 0) is 32.1 Å². The third kappa shape index (κ3) is 3.17. The maximum Gasteiger partial charge on any atom is 0.168 e. The van der Waals surface area contributed by atoms with E-state index in [9.17, 15) is 10.2 Å². The summed E-state index contributed by atoms with van der Waals surface area (Å²) in [4.78, 5) is 2.16. The SMILES string of the molecule is CCCCc1c(O)c2c(c(O)c1OC(C)C)-c1ccc3ccccc3c1N(C)C2. The fourth-order valence-electron chi connectivity index (χ4n) is 4.38. The van der Waals surface area contributed by atoms with Crippen LogP contribution in [0.4, 0.5) is 5.69 Å². The molecule has 1 heterocycles. The molecule has 0 aliphatic carbocycles. The minimum Gasteiger partial charge on any atom is -0.507 e. The highest BCUT2D eigenvalue weighted by Crippen LogP contribution is 2.54. The van der Waals surface area contributed by atoms with E-state index in [2.05, 4.69) is 30.0 Å². The van der Waals surface area contributed by atoms with Gasteiger partial charge < -0.3 is 19.8 Å². The molecule has 0 amide bonds. The zero-order chi connectivity index (χ0) is 20.7. The first kappa shape index (κ1) is 19.4. The van der Waals surface area contributed by atoms with Gasteiger partial charge in [-0.2, -0.15) is 0 Å². The number of anilines is 1. The predicted octanol–water partition coefficient (Wildman–Crippen LogP) is 6.00. The number of hydrogen-bond acceptors (Lipinski definition) is 4. The Balaban J connectivity index is 2.02. The van der Waals surface area contributed by atoms with Crippen molar-refractivity contribution >= 4 is 16.5 Å². The van der Waals surface area contributed by atoms with E-state index in [4.69, 9.17) is 4.74 Å². The monoisotopic (exact) mass is 391 g/mol. The highest BCUT2D eigenvalue weighted by molar-refractivity contribution is 6.05. The molecular formula is C25H29NO3. The lowest BCUT2D eigenvalue weighted by Crippen LogP contribution is -2.23. The second kappa shape index (κ2) is 7.51. The number of ether oxygens (including phenoxy) is 1. The van der Waals surface area contributed by atoms with Crippen LogP contribution in [0, 0.1) is 0 Å². The summed E-state index contributed by atoms with van der Waals surface area (Å²) in [5.74, 6) is 0.822. The first-order valence-electron chi connectivity index (χ1n) is 10.4. The number of fused-ring (bicyclic) bond motifs is 5. The largest absolute Gasteiger partial charge is 0.507 e. The van der Waals surface area contributed by atoms with Gasteiger partial charge in [0.25, 0.3) is 0 Å². The minimum atomic E-state index is -0.0962. The van der Waals surface area contributed by atoms with E-state index in [-0.39, 0.29) is 17.6 Å². The van der Waals surface area contributed by atoms with Crippen LogP contribution < -0.4 is 9.64 Å². The molecule has 4 heteroatoms. The molecule has 0 bridgehead atoms. The van der Waals surface area contributed by atoms with Crippen LogP contribution >= 0.6 is 0 Å². The van der Waals surface area contributed by atoms with Gasteiger partial charge in [0.05, 0.1) is 11.8 Å². The van der Waals surface area contributed by atoms with E-state index in [1.165, 1.54) is 0 Å². The van der Waals surface area contributed by atoms with E-state index < -0.39 is 0 Å². The minimum absolute atomic E-state index is 0.0962. The molecule has 0 atom stereocenters. The van der Waals surface area contributed by atoms with Crippen molar-refractivity contribution in [3.63, 3.8) is 0 Å². The molecule has 2 N–H and O–H groups in total. The Morgan fingerprint density at radius 2 is 1.83 bits per heavy atom. The van der Waals surface area contributed by atoms with Gasteiger partial charge in [-0.25, -0.2) is 0 Å². The van der Waals surface area contributed by atoms with Crippen molar-refractivity contribution in [2.45, 2.75) is 52.7 Å². The highest BCUT2D eigenvalue weighted by atomic mass is 16.5. The fraction of sp³-hybridized carbons (Fsp3) is 0.360. The summed E-state index contributed by atoms with van der Waals surface area (Å²) in [5, 5.41) is 24.9. The van der Waals surface area contributed by atoms with Crippen LogP contribution in [0.3, 0.4) is 0 Å². The molecular weight excluding hydrogens is 362 g/mol. The molecule has 3 aromatic carbocycles. The summed E-state index contributed by atoms with van der Waals surface area (Å²) in [7, 11) is 2.04. The molecule has 152 valence electrons. The van der Waals surface area contributed by atoms with Crippen molar-refractivity contribution in [1.29, 1.82) is 0 Å². The predicted molar refractivity (Wildman–Crippen MR) is 119 cm³/mol. The van der Waals surface area contributed by atoms with Gasteiger partial charge in [-0.1, -0.05) is 49.7 Å². The number of unbranched alkanes of at least 4 members (excludes halogenated alkanes) is 1. The van der Waals surface area contributed by atoms with Crippen LogP contribution in [0.15, 0.2) is 36.4 Å². The van der Waals surface area contributed by atoms with Crippen molar-refractivity contribution < 1.29 is 14.9 Å². The number of benzene rings is 3. The molecule has 0 spiro atoms. The van der Waals surface area contributed by atoms with E-state index in [0.717, 1.165) is 46.0 Å². The zero-order valence-corrected chi connectivity index (χ0v) is 17.6. The molecule has 4 nitrogen and oxygen atoms in total. The Hall–Kier alpha value is -2.88. The van der Waals surface area contributed by atoms with Crippen molar-refractivity contribution in [2.75, 3.05) is 11.9 Å². The highest BCUT2D eigenvalue weighted by Gasteiger charge is 2.32. The summed E-state index contributed by atoms with van der Waals surface area (Å²) < 4.78 is 6.03. The second-order valence-electron chi connectivity index (χ2n) is 8.17. The number of hydrogen-bond donors (Lipinski definition) is 2. The lowest BCUT2D eigenvalue weighted by Gasteiger charge is -2.33. The molecule has 0 unspecified atom stereocenters. The number of aromatic hydroxyl groups is 2. The average Bonchev–Trinajstić information content (AvgIpc) is 2.70. The molecule has 4 rings (SSSR count). The number of nitrogens with zero attached hydrogens (tertiary/aromatic N) is 1. The smallest absolute Gasteiger partial charge is 0.168 e. The zero-order valence-electron chi connectivity index (χ0n) is 17.6. The second-order valence-corrected chi connectivity index (χ2v) is 8.17. The van der Waals surface area contributed by atoms with E-state index >= 15 is 0 Å². The van der Waals surface area contributed by atoms with Gasteiger partial charge >= 0.3 is 0 Å². The lowest BCUT2D eigenvalue weighted by atomic mass is 9.86. The Morgan fingerprint density at radius 1 is 1.07 bits per heavy atom. The van der Waals surface area contributed by atoms with Crippen LogP contribution in [0.25, 0.3) is 21.9 Å². The molecule has 0 radical (unpaired) electrons. The summed E-state index contributed by atoms with van der Waals surface area (Å²) in [6.45, 7) is 6.54. The summed E-state index contributed by atoms with van der Waals surface area (Å²) in [6, 6.07) is 12.4. The van der Waals surface area contributed by atoms with Crippen LogP contribution in [0.1, 0.15) is 44.7 Å². The van der Waals surface area contributed by atoms with Gasteiger partial charge in [-0.15, -0.1) is 0 Å². The number of phenols is 2. The van der Waals surface area contributed by atoms with Gasteiger partial charge in [-0.3, -0.25) is 0 Å². The van der Waals surface area contributed by atoms with E-state index in [0.29, 0.717) is 24.3 Å². The third-order valence-electron chi connectivity index (χ3n) is 5.68. The summed E-state index contributed by atoms with van der Waals surface area (Å²) in [6.07, 6.45) is 2.52. The van der Waals surface area contributed by atoms with Crippen molar-refractivity contribution in [3.8, 4) is 28.4 Å². The quantitative estimate of drug-likeness (QED) is 0.524. The lowest BCUT2D eigenvalue weighted by molar-refractivity contribution is 0.228. The number of rotatable bonds is 5. The Kier molecular flexibility index (Phi) is 5.03. The average molecular weight is 392 g/mol. The fourth-order valence-corrected chi connectivity index (χ4v) is 4.38. The molecule has 0 saturated carbocycles. The summed E-state index contributed by atoms with van der Waals surface area (Å²) in [5.41, 5.74) is 4.18. The molecule has 29 heavy (non-hydrogen) atoms. The van der Waals surface area contributed by atoms with Crippen molar-refractivity contribution in [2.24, 2.45) is 0 Å². The molecule has 1 aliphatic rings. The van der Waals surface area contributed by atoms with Crippen molar-refractivity contribution in [1.82, 2.24) is 0 Å². The molecule has 1 aliphatic heterocycles. The topological polar surface area (TPSA) is 52.9 Å². The van der Waals surface area contributed by atoms with Crippen LogP contribution in [0.5, 0.6) is 17.2 Å². The molecule has 3 aromatic rings. The van der Waals surface area contributed by atoms with Crippen molar-refractivity contribution in [3.05, 3.63) is 47.5 Å². The number of phenolic OH excluding ortho intramolecular Hbond substituents is 2. The Labute approximate surface area is 172 Å². The van der Waals surface area contributed by atoms with E-state index in [1.807, 2.05) is 39.1 Å². The Bertz CT molecular complexity index is 1070. The van der Waals surface area contributed by atoms with Gasteiger partial charge in [0, 0.05) is 41.2 Å². The third-order valence-corrected chi connectivity index (χ3v) is 5.68. The maximum absolute atomic E-state index is 11.3. The molecule has 0 aromatic heterocycles. The maximum atomic E-state index is 11.3. The van der Waals surface area contributed by atoms with Gasteiger partial charge in [0.2, 0.25) is 0 Å². The first-order valence-corrected chi connectivity index (χ1v) is 10.4. The van der Waals surface area contributed by atoms with Gasteiger partial charge in [0.15, 0.2) is 11.5 Å². The van der Waals surface area contributed by atoms with Gasteiger partial charge in [0.1, 0.15) is 5.75 Å². The van der Waals surface area contributed by atoms with E-state index in [1.54, 1.807) is 0 Å². The molecule has 0 fully saturated rings. The van der Waals surface area contributed by atoms with Crippen LogP contribution in [0.2, 0.25) is 0 Å².